The number of esters is 2. The van der Waals surface area contributed by atoms with E-state index in [1.807, 2.05) is 12.2 Å². The number of allylic oxidation sites excluding steroid dienone is 3. The van der Waals surface area contributed by atoms with Gasteiger partial charge in [-0.25, -0.2) is 22.8 Å². The van der Waals surface area contributed by atoms with Gasteiger partial charge in [0, 0.05) is 30.7 Å². The molecule has 3 rings (SSSR count). The highest BCUT2D eigenvalue weighted by Crippen LogP contribution is 2.16. The van der Waals surface area contributed by atoms with Crippen LogP contribution in [0.2, 0.25) is 0 Å². The van der Waals surface area contributed by atoms with Gasteiger partial charge in [0.05, 0.1) is 13.2 Å². The number of unbranched alkanes of at least 4 members (excludes halogenated alkanes) is 12. The Bertz CT molecular complexity index is 1800. The second kappa shape index (κ2) is 56.9. The molecular weight excluding hydrogens is 906 g/mol. The maximum absolute atomic E-state index is 12.9. The molecule has 0 bridgehead atoms. The lowest BCUT2D eigenvalue weighted by Gasteiger charge is -2.03. The quantitative estimate of drug-likeness (QED) is 0.0263. The summed E-state index contributed by atoms with van der Waals surface area (Å²) in [5.41, 5.74) is 4.12. The molecule has 0 atom stereocenters. The first kappa shape index (κ1) is 74.3. The molecule has 71 heavy (non-hydrogen) atoms. The third-order valence-corrected chi connectivity index (χ3v) is 9.35. The van der Waals surface area contributed by atoms with Crippen LogP contribution in [0.25, 0.3) is 12.2 Å². The summed E-state index contributed by atoms with van der Waals surface area (Å²) in [7, 11) is 0. The average Bonchev–Trinajstić information content (AvgIpc) is 3.36. The fourth-order valence-electron chi connectivity index (χ4n) is 5.55. The van der Waals surface area contributed by atoms with Gasteiger partial charge in [0.1, 0.15) is 36.3 Å². The summed E-state index contributed by atoms with van der Waals surface area (Å²) in [5, 5.41) is 8.37. The molecule has 0 aliphatic carbocycles. The minimum Gasteiger partial charge on any atom is -0.463 e. The Hall–Kier alpha value is -5.68. The van der Waals surface area contributed by atoms with Crippen LogP contribution in [0.15, 0.2) is 109 Å². The standard InChI is InChI=1S/C18H23FO2.C14H17FO.C7H5FO.C7H16O.C7H14O.C5H8O2.2CH4/c1-3-5-6-7-15(10-13-18(20)21-4-2)14-16-8-11-17(19)12-9-16;1-2-3-4-5-13(11-16)10-12-6-8-14(15)9-7-12;8-7-3-1-6(5-9)2-4-7;2*1-2-3-4-5-6-7-8;1-3-5(6)7-4-2;;/h8-14H,3-7H2,1-2H3;6-11H,2-5H2,1H3;1-5H;8H,2-7H2,1H3;7H,2-6H2,1H3;3H,1,4H2,2H3;2*1H4/b13-10+,15-14+;13-10+;;;;;;. The van der Waals surface area contributed by atoms with Crippen molar-refractivity contribution < 1.29 is 51.7 Å². The molecule has 0 spiro atoms. The highest BCUT2D eigenvalue weighted by Gasteiger charge is 2.00. The SMILES string of the molecule is C.C.C=CC(=O)OCC.CCCCC/C(C=O)=C\c1ccc(F)cc1.CCCCCC(/C=C/C(=O)OCC)=C\c1ccc(F)cc1.CCCCCCC=O.CCCCCCCO.O=Cc1ccc(F)cc1. The number of aldehydes is 3. The lowest BCUT2D eigenvalue weighted by atomic mass is 10.0. The van der Waals surface area contributed by atoms with Crippen LogP contribution in [0.4, 0.5) is 13.2 Å². The predicted octanol–water partition coefficient (Wildman–Crippen LogP) is 16.6. The number of hydrogen-bond acceptors (Lipinski definition) is 8. The molecule has 0 fully saturated rings. The summed E-state index contributed by atoms with van der Waals surface area (Å²) in [4.78, 5) is 52.1. The Balaban J connectivity index is -0.000000258. The van der Waals surface area contributed by atoms with Crippen molar-refractivity contribution in [3.8, 4) is 0 Å². The third-order valence-electron chi connectivity index (χ3n) is 9.35. The van der Waals surface area contributed by atoms with Crippen LogP contribution in [0.3, 0.4) is 0 Å². The van der Waals surface area contributed by atoms with Crippen molar-refractivity contribution in [2.75, 3.05) is 19.8 Å². The summed E-state index contributed by atoms with van der Waals surface area (Å²) in [6.45, 7) is 16.5. The first-order chi connectivity index (χ1) is 33.4. The van der Waals surface area contributed by atoms with Crippen LogP contribution in [0, 0.1) is 17.5 Å². The molecule has 8 nitrogen and oxygen atoms in total. The van der Waals surface area contributed by atoms with Gasteiger partial charge >= 0.3 is 11.9 Å². The molecule has 3 aromatic carbocycles. The summed E-state index contributed by atoms with van der Waals surface area (Å²) < 4.78 is 47.0. The Morgan fingerprint density at radius 2 is 0.887 bits per heavy atom. The first-order valence-electron chi connectivity index (χ1n) is 24.6. The Morgan fingerprint density at radius 3 is 1.25 bits per heavy atom. The second-order valence-electron chi connectivity index (χ2n) is 15.4. The van der Waals surface area contributed by atoms with E-state index >= 15 is 0 Å². The third kappa shape index (κ3) is 52.0. The van der Waals surface area contributed by atoms with Gasteiger partial charge in [-0.05, 0) is 129 Å². The number of benzene rings is 3. The molecule has 0 heterocycles. The van der Waals surface area contributed by atoms with E-state index in [1.165, 1.54) is 99.6 Å². The van der Waals surface area contributed by atoms with Crippen LogP contribution in [0.5, 0.6) is 0 Å². The van der Waals surface area contributed by atoms with E-state index in [0.29, 0.717) is 31.7 Å². The number of ether oxygens (including phenoxy) is 2. The molecule has 3 aromatic rings. The van der Waals surface area contributed by atoms with Crippen LogP contribution in [-0.4, -0.2) is 55.7 Å². The number of carbonyl (C=O) groups is 5. The summed E-state index contributed by atoms with van der Waals surface area (Å²) >= 11 is 0. The van der Waals surface area contributed by atoms with E-state index in [9.17, 15) is 37.1 Å². The fraction of sp³-hybridized carbons (Fsp3) is 0.483. The van der Waals surface area contributed by atoms with E-state index in [4.69, 9.17) is 9.84 Å². The Labute approximate surface area is 427 Å². The summed E-state index contributed by atoms with van der Waals surface area (Å²) in [6, 6.07) is 17.9. The van der Waals surface area contributed by atoms with Gasteiger partial charge in [0.15, 0.2) is 0 Å². The van der Waals surface area contributed by atoms with E-state index in [-0.39, 0.29) is 44.2 Å². The van der Waals surface area contributed by atoms with Crippen molar-refractivity contribution in [1.29, 1.82) is 0 Å². The molecule has 0 radical (unpaired) electrons. The van der Waals surface area contributed by atoms with Crippen LogP contribution in [-0.2, 0) is 28.7 Å². The van der Waals surface area contributed by atoms with Gasteiger partial charge in [-0.2, -0.15) is 0 Å². The van der Waals surface area contributed by atoms with E-state index in [1.54, 1.807) is 44.2 Å². The van der Waals surface area contributed by atoms with Crippen LogP contribution < -0.4 is 0 Å². The van der Waals surface area contributed by atoms with E-state index < -0.39 is 0 Å². The number of aliphatic hydroxyl groups is 1. The van der Waals surface area contributed by atoms with E-state index in [2.05, 4.69) is 39.0 Å². The maximum Gasteiger partial charge on any atom is 0.330 e. The normalized spacial score (nSPS) is 10.1. The number of carbonyl (C=O) groups excluding carboxylic acids is 5. The molecule has 400 valence electrons. The van der Waals surface area contributed by atoms with Crippen molar-refractivity contribution in [3.63, 3.8) is 0 Å². The smallest absolute Gasteiger partial charge is 0.330 e. The largest absolute Gasteiger partial charge is 0.463 e. The molecule has 0 aromatic heterocycles. The van der Waals surface area contributed by atoms with Crippen molar-refractivity contribution in [2.45, 2.75) is 172 Å². The predicted molar refractivity (Wildman–Crippen MR) is 292 cm³/mol. The van der Waals surface area contributed by atoms with Gasteiger partial charge in [0.25, 0.3) is 0 Å². The molecule has 0 saturated carbocycles. The first-order valence-corrected chi connectivity index (χ1v) is 24.6. The van der Waals surface area contributed by atoms with Gasteiger partial charge in [-0.1, -0.05) is 156 Å². The number of hydrogen-bond donors (Lipinski definition) is 1. The number of rotatable bonds is 27. The summed E-state index contributed by atoms with van der Waals surface area (Å²) in [5.74, 6) is -1.52. The molecule has 0 saturated heterocycles. The lowest BCUT2D eigenvalue weighted by Crippen LogP contribution is -1.99. The topological polar surface area (TPSA) is 124 Å². The molecule has 1 N–H and O–H groups in total. The molecule has 0 aliphatic rings. The van der Waals surface area contributed by atoms with Gasteiger partial charge < -0.3 is 19.4 Å². The second-order valence-corrected chi connectivity index (χ2v) is 15.4. The molecular formula is C60H91F3O8. The minimum absolute atomic E-state index is 0. The van der Waals surface area contributed by atoms with Crippen molar-refractivity contribution in [3.05, 3.63) is 143 Å². The highest BCUT2D eigenvalue weighted by molar-refractivity contribution is 5.83. The zero-order valence-corrected chi connectivity index (χ0v) is 42.5. The zero-order chi connectivity index (χ0) is 52.2. The molecule has 0 amide bonds. The fourth-order valence-corrected chi connectivity index (χ4v) is 5.55. The van der Waals surface area contributed by atoms with Gasteiger partial charge in [-0.15, -0.1) is 0 Å². The van der Waals surface area contributed by atoms with Gasteiger partial charge in [0.2, 0.25) is 0 Å². The average molecular weight is 997 g/mol. The van der Waals surface area contributed by atoms with Gasteiger partial charge in [-0.3, -0.25) is 9.59 Å². The van der Waals surface area contributed by atoms with Crippen molar-refractivity contribution in [2.24, 2.45) is 0 Å². The molecule has 0 unspecified atom stereocenters. The highest BCUT2D eigenvalue weighted by atomic mass is 19.1. The number of aliphatic hydroxyl groups excluding tert-OH is 1. The maximum atomic E-state index is 12.9. The van der Waals surface area contributed by atoms with E-state index in [0.717, 1.165) is 112 Å². The molecule has 11 heteroatoms. The van der Waals surface area contributed by atoms with Crippen LogP contribution >= 0.6 is 0 Å². The monoisotopic (exact) mass is 997 g/mol. The van der Waals surface area contributed by atoms with Crippen LogP contribution in [0.1, 0.15) is 193 Å². The minimum atomic E-state index is -0.359. The number of halogens is 3. The molecule has 0 aliphatic heterocycles. The Kier molecular flexibility index (Phi) is 59.5. The zero-order valence-electron chi connectivity index (χ0n) is 42.5. The lowest BCUT2D eigenvalue weighted by molar-refractivity contribution is -0.138. The van der Waals surface area contributed by atoms with Crippen molar-refractivity contribution >= 4 is 42.9 Å². The van der Waals surface area contributed by atoms with Crippen molar-refractivity contribution in [1.82, 2.24) is 0 Å². The summed E-state index contributed by atoms with van der Waals surface area (Å²) in [6.07, 6.45) is 30.7. The Morgan fingerprint density at radius 1 is 0.507 bits per heavy atom.